The summed E-state index contributed by atoms with van der Waals surface area (Å²) in [6.45, 7) is 7.04. The highest BCUT2D eigenvalue weighted by atomic mass is 16.5. The van der Waals surface area contributed by atoms with Crippen molar-refractivity contribution in [2.45, 2.75) is 27.2 Å². The van der Waals surface area contributed by atoms with Crippen LogP contribution in [0.1, 0.15) is 27.2 Å². The van der Waals surface area contributed by atoms with Crippen molar-refractivity contribution in [3.63, 3.8) is 0 Å². The van der Waals surface area contributed by atoms with Gasteiger partial charge in [0.25, 0.3) is 5.88 Å². The Balaban J connectivity index is 2.64. The van der Waals surface area contributed by atoms with Gasteiger partial charge in [-0.25, -0.2) is 4.98 Å². The second-order valence-corrected chi connectivity index (χ2v) is 4.76. The molecule has 0 saturated heterocycles. The Bertz CT molecular complexity index is 348. The number of nitrogen functional groups attached to an aromatic ring is 1. The average molecular weight is 225 g/mol. The van der Waals surface area contributed by atoms with Gasteiger partial charge in [0.1, 0.15) is 6.33 Å². The predicted octanol–water partition coefficient (Wildman–Crippen LogP) is 1.88. The van der Waals surface area contributed by atoms with E-state index in [4.69, 9.17) is 15.2 Å². The van der Waals surface area contributed by atoms with Crippen LogP contribution in [0.15, 0.2) is 6.33 Å². The molecule has 0 saturated carbocycles. The molecule has 5 heteroatoms. The molecule has 1 rings (SSSR count). The number of rotatable bonds is 4. The SMILES string of the molecule is COc1c(N)ncnc1OCCC(C)(C)C. The number of nitrogens with two attached hydrogens (primary N) is 1. The molecule has 0 unspecified atom stereocenters. The molecule has 0 fully saturated rings. The summed E-state index contributed by atoms with van der Waals surface area (Å²) in [4.78, 5) is 7.82. The van der Waals surface area contributed by atoms with Crippen molar-refractivity contribution in [1.29, 1.82) is 0 Å². The van der Waals surface area contributed by atoms with Crippen LogP contribution in [0.25, 0.3) is 0 Å². The van der Waals surface area contributed by atoms with Crippen LogP contribution in [0.3, 0.4) is 0 Å². The van der Waals surface area contributed by atoms with Crippen molar-refractivity contribution in [1.82, 2.24) is 9.97 Å². The lowest BCUT2D eigenvalue weighted by molar-refractivity contribution is 0.227. The second kappa shape index (κ2) is 5.01. The van der Waals surface area contributed by atoms with E-state index in [9.17, 15) is 0 Å². The summed E-state index contributed by atoms with van der Waals surface area (Å²) in [6.07, 6.45) is 2.30. The van der Waals surface area contributed by atoms with E-state index in [0.29, 0.717) is 24.1 Å². The zero-order chi connectivity index (χ0) is 12.2. The lowest BCUT2D eigenvalue weighted by Crippen LogP contribution is -2.12. The third-order valence-electron chi connectivity index (χ3n) is 2.09. The second-order valence-electron chi connectivity index (χ2n) is 4.76. The summed E-state index contributed by atoms with van der Waals surface area (Å²) in [6, 6.07) is 0. The molecular weight excluding hydrogens is 206 g/mol. The van der Waals surface area contributed by atoms with Gasteiger partial charge in [-0.2, -0.15) is 4.98 Å². The van der Waals surface area contributed by atoms with Crippen molar-refractivity contribution < 1.29 is 9.47 Å². The number of anilines is 1. The van der Waals surface area contributed by atoms with Crippen LogP contribution < -0.4 is 15.2 Å². The van der Waals surface area contributed by atoms with Gasteiger partial charge in [0.15, 0.2) is 5.82 Å². The minimum atomic E-state index is 0.228. The first-order valence-corrected chi connectivity index (χ1v) is 5.21. The topological polar surface area (TPSA) is 70.3 Å². The molecular formula is C11H19N3O2. The summed E-state index contributed by atoms with van der Waals surface area (Å²) in [5, 5.41) is 0. The number of hydrogen-bond donors (Lipinski definition) is 1. The highest BCUT2D eigenvalue weighted by molar-refractivity contribution is 5.51. The van der Waals surface area contributed by atoms with Crippen LogP contribution >= 0.6 is 0 Å². The fourth-order valence-electron chi connectivity index (χ4n) is 1.12. The van der Waals surface area contributed by atoms with Crippen LogP contribution in [-0.2, 0) is 0 Å². The molecule has 1 aromatic rings. The summed E-state index contributed by atoms with van der Waals surface area (Å²) in [7, 11) is 1.52. The number of nitrogens with zero attached hydrogens (tertiary/aromatic N) is 2. The van der Waals surface area contributed by atoms with E-state index >= 15 is 0 Å². The average Bonchev–Trinajstić information content (AvgIpc) is 2.16. The Morgan fingerprint density at radius 3 is 2.56 bits per heavy atom. The van der Waals surface area contributed by atoms with E-state index in [1.807, 2.05) is 0 Å². The highest BCUT2D eigenvalue weighted by Crippen LogP contribution is 2.29. The third kappa shape index (κ3) is 3.56. The van der Waals surface area contributed by atoms with Gasteiger partial charge in [0.05, 0.1) is 13.7 Å². The largest absolute Gasteiger partial charge is 0.489 e. The van der Waals surface area contributed by atoms with Crippen LogP contribution in [0, 0.1) is 5.41 Å². The molecule has 0 aliphatic rings. The fraction of sp³-hybridized carbons (Fsp3) is 0.636. The van der Waals surface area contributed by atoms with Gasteiger partial charge in [-0.15, -0.1) is 0 Å². The smallest absolute Gasteiger partial charge is 0.262 e. The summed E-state index contributed by atoms with van der Waals surface area (Å²) in [5.41, 5.74) is 5.86. The first-order valence-electron chi connectivity index (χ1n) is 5.21. The van der Waals surface area contributed by atoms with Crippen molar-refractivity contribution in [3.05, 3.63) is 6.33 Å². The first kappa shape index (κ1) is 12.5. The number of ether oxygens (including phenoxy) is 2. The van der Waals surface area contributed by atoms with Gasteiger partial charge in [0.2, 0.25) is 5.75 Å². The first-order chi connectivity index (χ1) is 7.44. The molecule has 90 valence electrons. The fourth-order valence-corrected chi connectivity index (χ4v) is 1.12. The monoisotopic (exact) mass is 225 g/mol. The quantitative estimate of drug-likeness (QED) is 0.847. The van der Waals surface area contributed by atoms with Gasteiger partial charge < -0.3 is 15.2 Å². The van der Waals surface area contributed by atoms with E-state index in [-0.39, 0.29) is 5.41 Å². The van der Waals surface area contributed by atoms with Gasteiger partial charge in [0, 0.05) is 0 Å². The summed E-state index contributed by atoms with van der Waals surface area (Å²) < 4.78 is 10.6. The predicted molar refractivity (Wildman–Crippen MR) is 62.6 cm³/mol. The molecule has 0 bridgehead atoms. The maximum atomic E-state index is 5.63. The molecule has 1 heterocycles. The van der Waals surface area contributed by atoms with Gasteiger partial charge >= 0.3 is 0 Å². The van der Waals surface area contributed by atoms with E-state index in [1.165, 1.54) is 13.4 Å². The molecule has 2 N–H and O–H groups in total. The molecule has 0 aromatic carbocycles. The Labute approximate surface area is 96.0 Å². The third-order valence-corrected chi connectivity index (χ3v) is 2.09. The van der Waals surface area contributed by atoms with E-state index < -0.39 is 0 Å². The van der Waals surface area contributed by atoms with Crippen LogP contribution in [0.5, 0.6) is 11.6 Å². The van der Waals surface area contributed by atoms with Crippen LogP contribution in [0.4, 0.5) is 5.82 Å². The zero-order valence-electron chi connectivity index (χ0n) is 10.3. The molecule has 0 amide bonds. The van der Waals surface area contributed by atoms with Gasteiger partial charge in [-0.05, 0) is 11.8 Å². The molecule has 0 aliphatic heterocycles. The Morgan fingerprint density at radius 2 is 2.00 bits per heavy atom. The molecule has 1 aromatic heterocycles. The highest BCUT2D eigenvalue weighted by Gasteiger charge is 2.13. The maximum absolute atomic E-state index is 5.63. The standard InChI is InChI=1S/C11H19N3O2/c1-11(2,3)5-6-16-10-8(15-4)9(12)13-7-14-10/h7H,5-6H2,1-4H3,(H2,12,13,14). The molecule has 0 spiro atoms. The number of aromatic nitrogens is 2. The number of methoxy groups -OCH3 is 1. The lowest BCUT2D eigenvalue weighted by atomic mass is 9.93. The Morgan fingerprint density at radius 1 is 1.31 bits per heavy atom. The van der Waals surface area contributed by atoms with Crippen LogP contribution in [0.2, 0.25) is 0 Å². The van der Waals surface area contributed by atoms with Gasteiger partial charge in [-0.3, -0.25) is 0 Å². The van der Waals surface area contributed by atoms with Crippen molar-refractivity contribution in [2.24, 2.45) is 5.41 Å². The summed E-state index contributed by atoms with van der Waals surface area (Å²) in [5.74, 6) is 1.10. The molecule has 0 aliphatic carbocycles. The minimum Gasteiger partial charge on any atom is -0.489 e. The van der Waals surface area contributed by atoms with Crippen molar-refractivity contribution in [2.75, 3.05) is 19.5 Å². The molecule has 16 heavy (non-hydrogen) atoms. The Kier molecular flexibility index (Phi) is 3.93. The van der Waals surface area contributed by atoms with Crippen molar-refractivity contribution in [3.8, 4) is 11.6 Å². The molecule has 5 nitrogen and oxygen atoms in total. The summed E-state index contributed by atoms with van der Waals surface area (Å²) >= 11 is 0. The lowest BCUT2D eigenvalue weighted by Gasteiger charge is -2.18. The normalized spacial score (nSPS) is 11.2. The van der Waals surface area contributed by atoms with Gasteiger partial charge in [-0.1, -0.05) is 20.8 Å². The maximum Gasteiger partial charge on any atom is 0.262 e. The van der Waals surface area contributed by atoms with Crippen LogP contribution in [-0.4, -0.2) is 23.7 Å². The van der Waals surface area contributed by atoms with Crippen molar-refractivity contribution >= 4 is 5.82 Å². The van der Waals surface area contributed by atoms with E-state index in [1.54, 1.807) is 0 Å². The Hall–Kier alpha value is -1.52. The zero-order valence-corrected chi connectivity index (χ0v) is 10.3. The van der Waals surface area contributed by atoms with E-state index in [2.05, 4.69) is 30.7 Å². The minimum absolute atomic E-state index is 0.228. The van der Waals surface area contributed by atoms with E-state index in [0.717, 1.165) is 6.42 Å². The molecule has 0 radical (unpaired) electrons. The molecule has 0 atom stereocenters. The number of hydrogen-bond acceptors (Lipinski definition) is 5.